The summed E-state index contributed by atoms with van der Waals surface area (Å²) in [4.78, 5) is 12.9. The third kappa shape index (κ3) is 4.33. The Morgan fingerprint density at radius 1 is 1.00 bits per heavy atom. The highest BCUT2D eigenvalue weighted by Gasteiger charge is 2.33. The highest BCUT2D eigenvalue weighted by molar-refractivity contribution is 5.93. The molecule has 3 N–H and O–H groups in total. The first-order valence-electron chi connectivity index (χ1n) is 10.2. The normalized spacial score (nSPS) is 19.2. The van der Waals surface area contributed by atoms with E-state index in [2.05, 4.69) is 16.2 Å². The average molecular weight is 417 g/mol. The summed E-state index contributed by atoms with van der Waals surface area (Å²) < 4.78 is 16.6. The zero-order chi connectivity index (χ0) is 21.0. The van der Waals surface area contributed by atoms with Crippen molar-refractivity contribution in [2.45, 2.75) is 12.6 Å². The zero-order valence-electron chi connectivity index (χ0n) is 16.8. The van der Waals surface area contributed by atoms with Gasteiger partial charge in [-0.3, -0.25) is 10.2 Å². The van der Waals surface area contributed by atoms with Crippen LogP contribution < -0.4 is 30.4 Å². The smallest absolute Gasteiger partial charge is 0.231 e. The Morgan fingerprint density at radius 3 is 2.77 bits per heavy atom. The van der Waals surface area contributed by atoms with Crippen molar-refractivity contribution in [2.75, 3.05) is 18.7 Å². The van der Waals surface area contributed by atoms with Crippen LogP contribution >= 0.6 is 0 Å². The Bertz CT molecular complexity index is 1070. The molecule has 7 nitrogen and oxygen atoms in total. The zero-order valence-corrected chi connectivity index (χ0v) is 16.8. The summed E-state index contributed by atoms with van der Waals surface area (Å²) >= 11 is 0. The number of anilines is 1. The van der Waals surface area contributed by atoms with Crippen molar-refractivity contribution < 1.29 is 19.0 Å². The van der Waals surface area contributed by atoms with Crippen molar-refractivity contribution in [3.63, 3.8) is 0 Å². The summed E-state index contributed by atoms with van der Waals surface area (Å²) in [5.74, 6) is 1.87. The highest BCUT2D eigenvalue weighted by Crippen LogP contribution is 2.35. The van der Waals surface area contributed by atoms with E-state index in [1.807, 2.05) is 72.8 Å². The molecule has 5 rings (SSSR count). The van der Waals surface area contributed by atoms with E-state index < -0.39 is 0 Å². The van der Waals surface area contributed by atoms with Crippen LogP contribution in [-0.2, 0) is 11.4 Å². The number of hydrogen-bond acceptors (Lipinski definition) is 6. The number of hydrogen-bond donors (Lipinski definition) is 3. The molecule has 0 aliphatic carbocycles. The van der Waals surface area contributed by atoms with E-state index in [4.69, 9.17) is 14.2 Å². The van der Waals surface area contributed by atoms with E-state index in [-0.39, 0.29) is 24.7 Å². The minimum atomic E-state index is -0.212. The lowest BCUT2D eigenvalue weighted by Gasteiger charge is -2.18. The third-order valence-electron chi connectivity index (χ3n) is 5.42. The fourth-order valence-electron chi connectivity index (χ4n) is 3.82. The van der Waals surface area contributed by atoms with Gasteiger partial charge < -0.3 is 19.5 Å². The minimum Gasteiger partial charge on any atom is -0.489 e. The molecule has 2 aliphatic rings. The monoisotopic (exact) mass is 417 g/mol. The van der Waals surface area contributed by atoms with Crippen LogP contribution in [0.5, 0.6) is 17.2 Å². The highest BCUT2D eigenvalue weighted by atomic mass is 16.7. The van der Waals surface area contributed by atoms with Gasteiger partial charge in [0.05, 0.1) is 12.0 Å². The van der Waals surface area contributed by atoms with E-state index >= 15 is 0 Å². The van der Waals surface area contributed by atoms with Crippen molar-refractivity contribution >= 4 is 11.6 Å². The van der Waals surface area contributed by atoms with Gasteiger partial charge in [0.15, 0.2) is 11.5 Å². The minimum absolute atomic E-state index is 0.0276. The molecule has 1 fully saturated rings. The molecule has 0 aromatic heterocycles. The Labute approximate surface area is 180 Å². The number of carbonyl (C=O) groups excluding carboxylic acids is 1. The number of benzene rings is 3. The van der Waals surface area contributed by atoms with Gasteiger partial charge >= 0.3 is 0 Å². The first kappa shape index (κ1) is 19.4. The molecule has 3 aromatic rings. The molecule has 31 heavy (non-hydrogen) atoms. The molecular weight excluding hydrogens is 394 g/mol. The van der Waals surface area contributed by atoms with Gasteiger partial charge in [0.1, 0.15) is 12.4 Å². The molecule has 2 aliphatic heterocycles. The quantitative estimate of drug-likeness (QED) is 0.571. The summed E-state index contributed by atoms with van der Waals surface area (Å²) in [6.45, 7) is 1.18. The summed E-state index contributed by atoms with van der Waals surface area (Å²) in [7, 11) is 0. The van der Waals surface area contributed by atoms with E-state index in [0.29, 0.717) is 24.7 Å². The number of nitrogens with one attached hydrogen (secondary N) is 3. The van der Waals surface area contributed by atoms with Crippen LogP contribution in [0, 0.1) is 5.92 Å². The van der Waals surface area contributed by atoms with Crippen LogP contribution in [0.2, 0.25) is 0 Å². The third-order valence-corrected chi connectivity index (χ3v) is 5.42. The van der Waals surface area contributed by atoms with E-state index in [1.165, 1.54) is 0 Å². The maximum Gasteiger partial charge on any atom is 0.231 e. The molecule has 1 saturated heterocycles. The van der Waals surface area contributed by atoms with Crippen molar-refractivity contribution in [1.29, 1.82) is 0 Å². The van der Waals surface area contributed by atoms with Crippen LogP contribution in [0.15, 0.2) is 72.8 Å². The molecule has 0 radical (unpaired) electrons. The summed E-state index contributed by atoms with van der Waals surface area (Å²) in [5.41, 5.74) is 9.10. The van der Waals surface area contributed by atoms with Crippen LogP contribution in [0.3, 0.4) is 0 Å². The van der Waals surface area contributed by atoms with Crippen molar-refractivity contribution in [2.24, 2.45) is 5.92 Å². The van der Waals surface area contributed by atoms with E-state index in [0.717, 1.165) is 22.6 Å². The topological polar surface area (TPSA) is 80.9 Å². The van der Waals surface area contributed by atoms with Crippen molar-refractivity contribution in [3.8, 4) is 17.2 Å². The summed E-state index contributed by atoms with van der Waals surface area (Å²) in [6, 6.07) is 23.1. The number of amides is 1. The molecule has 2 heterocycles. The van der Waals surface area contributed by atoms with Crippen molar-refractivity contribution in [3.05, 3.63) is 83.9 Å². The number of carbonyl (C=O) groups is 1. The molecule has 158 valence electrons. The number of hydrazine groups is 1. The molecule has 0 saturated carbocycles. The molecule has 3 aromatic carbocycles. The number of ether oxygens (including phenoxy) is 3. The molecular formula is C24H23N3O4. The van der Waals surface area contributed by atoms with Crippen LogP contribution in [0.4, 0.5) is 5.69 Å². The lowest BCUT2D eigenvalue weighted by atomic mass is 9.94. The molecule has 0 bridgehead atoms. The first-order valence-corrected chi connectivity index (χ1v) is 10.2. The molecule has 1 amide bonds. The van der Waals surface area contributed by atoms with Gasteiger partial charge in [-0.05, 0) is 35.4 Å². The van der Waals surface area contributed by atoms with Gasteiger partial charge in [0.25, 0.3) is 0 Å². The Hall–Kier alpha value is -3.55. The van der Waals surface area contributed by atoms with Crippen LogP contribution in [-0.4, -0.2) is 19.2 Å². The Morgan fingerprint density at radius 2 is 1.87 bits per heavy atom. The first-order chi connectivity index (χ1) is 15.3. The average Bonchev–Trinajstić information content (AvgIpc) is 3.48. The van der Waals surface area contributed by atoms with Gasteiger partial charge in [-0.2, -0.15) is 0 Å². The second kappa shape index (κ2) is 8.67. The SMILES string of the molecule is O=C(Nc1cccc(COc2ccc3c(c2)OCO3)c1)C1CNNC1c1ccccc1. The van der Waals surface area contributed by atoms with Gasteiger partial charge in [-0.15, -0.1) is 0 Å². The van der Waals surface area contributed by atoms with Gasteiger partial charge in [0.2, 0.25) is 12.7 Å². The Kier molecular flexibility index (Phi) is 5.43. The van der Waals surface area contributed by atoms with Crippen LogP contribution in [0.1, 0.15) is 17.2 Å². The van der Waals surface area contributed by atoms with Gasteiger partial charge in [-0.1, -0.05) is 42.5 Å². The van der Waals surface area contributed by atoms with E-state index in [9.17, 15) is 4.79 Å². The molecule has 0 spiro atoms. The predicted molar refractivity (Wildman–Crippen MR) is 116 cm³/mol. The molecule has 2 unspecified atom stereocenters. The maximum absolute atomic E-state index is 12.9. The van der Waals surface area contributed by atoms with Crippen LogP contribution in [0.25, 0.3) is 0 Å². The maximum atomic E-state index is 12.9. The fourth-order valence-corrected chi connectivity index (χ4v) is 3.82. The fraction of sp³-hybridized carbons (Fsp3) is 0.208. The number of fused-ring (bicyclic) bond motifs is 1. The largest absolute Gasteiger partial charge is 0.489 e. The predicted octanol–water partition coefficient (Wildman–Crippen LogP) is 3.40. The molecule has 7 heteroatoms. The van der Waals surface area contributed by atoms with Gasteiger partial charge in [0, 0.05) is 18.3 Å². The summed E-state index contributed by atoms with van der Waals surface area (Å²) in [6.07, 6.45) is 0. The lowest BCUT2D eigenvalue weighted by Crippen LogP contribution is -2.29. The van der Waals surface area contributed by atoms with E-state index in [1.54, 1.807) is 0 Å². The standard InChI is InChI=1S/C24H23N3O4/c28-24(20-13-25-27-23(20)17-6-2-1-3-7-17)26-18-8-4-5-16(11-18)14-29-19-9-10-21-22(12-19)31-15-30-21/h1-12,20,23,25,27H,13-15H2,(H,26,28). The van der Waals surface area contributed by atoms with Crippen molar-refractivity contribution in [1.82, 2.24) is 10.9 Å². The lowest BCUT2D eigenvalue weighted by molar-refractivity contribution is -0.119. The second-order valence-corrected chi connectivity index (χ2v) is 7.51. The second-order valence-electron chi connectivity index (χ2n) is 7.51. The van der Waals surface area contributed by atoms with Gasteiger partial charge in [-0.25, -0.2) is 5.43 Å². The summed E-state index contributed by atoms with van der Waals surface area (Å²) in [5, 5.41) is 3.05. The Balaban J connectivity index is 1.22. The number of rotatable bonds is 6. The molecule has 2 atom stereocenters.